The van der Waals surface area contributed by atoms with Crippen LogP contribution in [0.4, 0.5) is 17.2 Å². The lowest BCUT2D eigenvalue weighted by molar-refractivity contribution is 0.0659. The molecule has 0 amide bonds. The number of likely N-dealkylation sites (tertiary alicyclic amines) is 1. The monoisotopic (exact) mass is 357 g/mol. The van der Waals surface area contributed by atoms with Gasteiger partial charge >= 0.3 is 0 Å². The Bertz CT molecular complexity index is 747. The van der Waals surface area contributed by atoms with Crippen molar-refractivity contribution in [2.75, 3.05) is 51.0 Å². The Morgan fingerprint density at radius 2 is 2.04 bits per heavy atom. The Morgan fingerprint density at radius 3 is 2.73 bits per heavy atom. The van der Waals surface area contributed by atoms with Crippen LogP contribution < -0.4 is 20.1 Å². The van der Waals surface area contributed by atoms with E-state index in [1.54, 1.807) is 13.3 Å². The van der Waals surface area contributed by atoms with Crippen LogP contribution >= 0.6 is 0 Å². The van der Waals surface area contributed by atoms with Crippen LogP contribution in [0.2, 0.25) is 0 Å². The predicted molar refractivity (Wildman–Crippen MR) is 104 cm³/mol. The zero-order valence-corrected chi connectivity index (χ0v) is 15.9. The number of rotatable bonds is 8. The molecule has 0 radical (unpaired) electrons. The van der Waals surface area contributed by atoms with Crippen LogP contribution in [-0.2, 0) is 0 Å². The summed E-state index contributed by atoms with van der Waals surface area (Å²) in [4.78, 5) is 11.2. The van der Waals surface area contributed by atoms with Gasteiger partial charge < -0.3 is 25.0 Å². The molecule has 2 aromatic rings. The largest absolute Gasteiger partial charge is 0.488 e. The third kappa shape index (κ3) is 4.35. The van der Waals surface area contributed by atoms with Gasteiger partial charge in [0.25, 0.3) is 5.88 Å². The molecule has 140 valence electrons. The number of hydrogen-bond acceptors (Lipinski definition) is 7. The summed E-state index contributed by atoms with van der Waals surface area (Å²) in [5.74, 6) is 2.46. The molecule has 0 bridgehead atoms. The summed E-state index contributed by atoms with van der Waals surface area (Å²) in [7, 11) is 3.49. The Hall–Kier alpha value is -2.54. The second-order valence-corrected chi connectivity index (χ2v) is 6.52. The molecule has 1 aliphatic heterocycles. The van der Waals surface area contributed by atoms with Gasteiger partial charge in [0, 0.05) is 49.6 Å². The smallest absolute Gasteiger partial charge is 0.256 e. The van der Waals surface area contributed by atoms with Crippen molar-refractivity contribution in [1.29, 1.82) is 0 Å². The van der Waals surface area contributed by atoms with Crippen LogP contribution in [0.5, 0.6) is 11.6 Å². The first-order valence-electron chi connectivity index (χ1n) is 8.94. The first-order chi connectivity index (χ1) is 12.6. The predicted octanol–water partition coefficient (Wildman–Crippen LogP) is 2.91. The molecular formula is C19H27N5O2. The van der Waals surface area contributed by atoms with E-state index in [-0.39, 0.29) is 0 Å². The van der Waals surface area contributed by atoms with Crippen LogP contribution in [0.1, 0.15) is 12.6 Å². The number of hydrogen-bond donors (Lipinski definition) is 2. The molecule has 26 heavy (non-hydrogen) atoms. The van der Waals surface area contributed by atoms with Gasteiger partial charge in [-0.2, -0.15) is 0 Å². The molecule has 1 aliphatic rings. The van der Waals surface area contributed by atoms with Crippen LogP contribution in [-0.4, -0.2) is 55.3 Å². The molecule has 0 aromatic carbocycles. The van der Waals surface area contributed by atoms with E-state index in [9.17, 15) is 0 Å². The fraction of sp³-hybridized carbons (Fsp3) is 0.474. The van der Waals surface area contributed by atoms with Gasteiger partial charge in [0.05, 0.1) is 25.6 Å². The molecule has 3 rings (SSSR count). The third-order valence-corrected chi connectivity index (χ3v) is 4.48. The maximum Gasteiger partial charge on any atom is 0.256 e. The van der Waals surface area contributed by atoms with Crippen LogP contribution in [0.15, 0.2) is 24.4 Å². The molecule has 0 spiro atoms. The first kappa shape index (κ1) is 18.3. The van der Waals surface area contributed by atoms with Crippen LogP contribution in [0.3, 0.4) is 0 Å². The van der Waals surface area contributed by atoms with Crippen molar-refractivity contribution < 1.29 is 9.47 Å². The van der Waals surface area contributed by atoms with E-state index in [4.69, 9.17) is 9.47 Å². The molecule has 0 atom stereocenters. The molecule has 2 aromatic heterocycles. The number of anilines is 3. The topological polar surface area (TPSA) is 71.5 Å². The van der Waals surface area contributed by atoms with Crippen molar-refractivity contribution >= 4 is 17.2 Å². The number of nitrogens with one attached hydrogen (secondary N) is 2. The van der Waals surface area contributed by atoms with E-state index in [1.165, 1.54) is 0 Å². The Morgan fingerprint density at radius 1 is 1.23 bits per heavy atom. The molecule has 2 N–H and O–H groups in total. The molecular weight excluding hydrogens is 330 g/mol. The zero-order valence-electron chi connectivity index (χ0n) is 15.9. The van der Waals surface area contributed by atoms with Crippen molar-refractivity contribution in [2.24, 2.45) is 5.92 Å². The highest BCUT2D eigenvalue weighted by Gasteiger charge is 2.26. The van der Waals surface area contributed by atoms with Gasteiger partial charge in [-0.05, 0) is 19.5 Å². The number of pyridine rings is 2. The summed E-state index contributed by atoms with van der Waals surface area (Å²) in [6, 6.07) is 5.85. The van der Waals surface area contributed by atoms with Crippen molar-refractivity contribution in [1.82, 2.24) is 14.9 Å². The zero-order chi connectivity index (χ0) is 18.5. The normalized spacial score (nSPS) is 14.6. The van der Waals surface area contributed by atoms with Gasteiger partial charge in [-0.25, -0.2) is 9.97 Å². The lowest BCUT2D eigenvalue weighted by Gasteiger charge is -2.38. The number of nitrogens with zero attached hydrogens (tertiary/aromatic N) is 3. The summed E-state index contributed by atoms with van der Waals surface area (Å²) < 4.78 is 11.3. The average Bonchev–Trinajstić information content (AvgIpc) is 2.60. The molecule has 1 saturated heterocycles. The van der Waals surface area contributed by atoms with Gasteiger partial charge in [-0.15, -0.1) is 0 Å². The minimum atomic E-state index is 0.496. The number of aromatic nitrogens is 2. The van der Waals surface area contributed by atoms with Crippen molar-refractivity contribution in [2.45, 2.75) is 13.8 Å². The van der Waals surface area contributed by atoms with Gasteiger partial charge in [-0.1, -0.05) is 6.92 Å². The summed E-state index contributed by atoms with van der Waals surface area (Å²) in [6.45, 7) is 8.08. The summed E-state index contributed by atoms with van der Waals surface area (Å²) in [5, 5.41) is 6.42. The second kappa shape index (κ2) is 8.23. The van der Waals surface area contributed by atoms with E-state index >= 15 is 0 Å². The molecule has 0 aliphatic carbocycles. The minimum Gasteiger partial charge on any atom is -0.488 e. The Balaban J connectivity index is 1.69. The molecule has 7 heteroatoms. The molecule has 0 saturated carbocycles. The van der Waals surface area contributed by atoms with Gasteiger partial charge in [0.15, 0.2) is 5.75 Å². The highest BCUT2D eigenvalue weighted by molar-refractivity contribution is 5.62. The van der Waals surface area contributed by atoms with E-state index in [1.807, 2.05) is 32.2 Å². The van der Waals surface area contributed by atoms with Gasteiger partial charge in [0.2, 0.25) is 0 Å². The maximum absolute atomic E-state index is 5.98. The highest BCUT2D eigenvalue weighted by Crippen LogP contribution is 2.30. The van der Waals surface area contributed by atoms with E-state index in [0.717, 1.165) is 42.5 Å². The third-order valence-electron chi connectivity index (χ3n) is 4.48. The van der Waals surface area contributed by atoms with E-state index in [0.29, 0.717) is 24.2 Å². The van der Waals surface area contributed by atoms with Gasteiger partial charge in [-0.3, -0.25) is 0 Å². The summed E-state index contributed by atoms with van der Waals surface area (Å²) in [5.41, 5.74) is 2.75. The standard InChI is InChI=1S/C19H27N5O2/c1-5-24-10-14(11-24)12-26-17-7-16(9-21-19(17)25-4)23-18-8-15(20-3)6-13(2)22-18/h6-9,14H,5,10-12H2,1-4H3,(H2,20,22,23). The van der Waals surface area contributed by atoms with Crippen LogP contribution in [0.25, 0.3) is 0 Å². The fourth-order valence-corrected chi connectivity index (χ4v) is 3.03. The number of methoxy groups -OCH3 is 1. The lowest BCUT2D eigenvalue weighted by atomic mass is 10.0. The van der Waals surface area contributed by atoms with Crippen molar-refractivity contribution in [3.63, 3.8) is 0 Å². The number of aryl methyl sites for hydroxylation is 1. The Kier molecular flexibility index (Phi) is 5.78. The van der Waals surface area contributed by atoms with Crippen molar-refractivity contribution in [3.05, 3.63) is 30.1 Å². The highest BCUT2D eigenvalue weighted by atomic mass is 16.5. The Labute approximate surface area is 154 Å². The van der Waals surface area contributed by atoms with Crippen LogP contribution in [0, 0.1) is 12.8 Å². The minimum absolute atomic E-state index is 0.496. The fourth-order valence-electron chi connectivity index (χ4n) is 3.03. The maximum atomic E-state index is 5.98. The van der Waals surface area contributed by atoms with E-state index in [2.05, 4.69) is 32.4 Å². The van der Waals surface area contributed by atoms with E-state index < -0.39 is 0 Å². The molecule has 0 unspecified atom stereocenters. The summed E-state index contributed by atoms with van der Waals surface area (Å²) >= 11 is 0. The molecule has 7 nitrogen and oxygen atoms in total. The number of ether oxygens (including phenoxy) is 2. The van der Waals surface area contributed by atoms with Gasteiger partial charge in [0.1, 0.15) is 5.82 Å². The lowest BCUT2D eigenvalue weighted by Crippen LogP contribution is -2.48. The summed E-state index contributed by atoms with van der Waals surface area (Å²) in [6.07, 6.45) is 1.72. The quantitative estimate of drug-likeness (QED) is 0.752. The second-order valence-electron chi connectivity index (χ2n) is 6.52. The van der Waals surface area contributed by atoms with Crippen molar-refractivity contribution in [3.8, 4) is 11.6 Å². The molecule has 1 fully saturated rings. The average molecular weight is 357 g/mol. The first-order valence-corrected chi connectivity index (χ1v) is 8.94. The molecule has 3 heterocycles. The SMILES string of the molecule is CCN1CC(COc2cc(Nc3cc(NC)cc(C)n3)cnc2OC)C1.